The van der Waals surface area contributed by atoms with Crippen LogP contribution in [0.2, 0.25) is 0 Å². The molecule has 2 nitrogen and oxygen atoms in total. The fraction of sp³-hybridized carbons (Fsp3) is 0.750. The average molecular weight is 161 g/mol. The van der Waals surface area contributed by atoms with E-state index in [1.165, 1.54) is 0 Å². The van der Waals surface area contributed by atoms with Gasteiger partial charge in [-0.05, 0) is 0 Å². The van der Waals surface area contributed by atoms with Crippen molar-refractivity contribution in [2.45, 2.75) is 13.8 Å². The SMILES string of the molecule is CC(C)C(=O)O.Cl.Cl. The van der Waals surface area contributed by atoms with Crippen molar-refractivity contribution in [2.75, 3.05) is 0 Å². The van der Waals surface area contributed by atoms with Crippen LogP contribution in [-0.4, -0.2) is 11.1 Å². The molecule has 0 rings (SSSR count). The number of hydrogen-bond donors (Lipinski definition) is 1. The minimum absolute atomic E-state index is 0. The van der Waals surface area contributed by atoms with E-state index in [1.54, 1.807) is 13.8 Å². The molecule has 8 heavy (non-hydrogen) atoms. The van der Waals surface area contributed by atoms with E-state index in [-0.39, 0.29) is 30.7 Å². The lowest BCUT2D eigenvalue weighted by Gasteiger charge is -1.89. The van der Waals surface area contributed by atoms with Gasteiger partial charge in [-0.3, -0.25) is 4.79 Å². The van der Waals surface area contributed by atoms with Crippen molar-refractivity contribution in [3.05, 3.63) is 0 Å². The molecule has 0 saturated carbocycles. The van der Waals surface area contributed by atoms with Gasteiger partial charge in [0, 0.05) is 0 Å². The Hall–Kier alpha value is 0.0500. The number of halogens is 2. The lowest BCUT2D eigenvalue weighted by atomic mass is 10.2. The van der Waals surface area contributed by atoms with E-state index < -0.39 is 5.97 Å². The van der Waals surface area contributed by atoms with Crippen molar-refractivity contribution in [1.29, 1.82) is 0 Å². The van der Waals surface area contributed by atoms with Crippen molar-refractivity contribution in [2.24, 2.45) is 5.92 Å². The van der Waals surface area contributed by atoms with Crippen molar-refractivity contribution in [3.8, 4) is 0 Å². The zero-order valence-corrected chi connectivity index (χ0v) is 6.38. The van der Waals surface area contributed by atoms with Gasteiger partial charge in [0.2, 0.25) is 0 Å². The summed E-state index contributed by atoms with van der Waals surface area (Å²) in [5.74, 6) is -0.972. The first-order valence-electron chi connectivity index (χ1n) is 1.87. The first-order chi connectivity index (χ1) is 2.64. The third-order valence-corrected chi connectivity index (χ3v) is 0.494. The Kier molecular flexibility index (Phi) is 13.8. The Morgan fingerprint density at radius 3 is 1.50 bits per heavy atom. The molecule has 0 aliphatic heterocycles. The quantitative estimate of drug-likeness (QED) is 0.633. The van der Waals surface area contributed by atoms with Crippen LogP contribution in [0.3, 0.4) is 0 Å². The third kappa shape index (κ3) is 9.41. The first-order valence-corrected chi connectivity index (χ1v) is 1.87. The van der Waals surface area contributed by atoms with Crippen molar-refractivity contribution in [3.63, 3.8) is 0 Å². The van der Waals surface area contributed by atoms with Gasteiger partial charge in [-0.25, -0.2) is 0 Å². The average Bonchev–Trinajstić information content (AvgIpc) is 1.36. The van der Waals surface area contributed by atoms with Gasteiger partial charge in [0.25, 0.3) is 0 Å². The second-order valence-corrected chi connectivity index (χ2v) is 1.49. The van der Waals surface area contributed by atoms with E-state index in [0.717, 1.165) is 0 Å². The summed E-state index contributed by atoms with van der Waals surface area (Å²) in [5.41, 5.74) is 0. The van der Waals surface area contributed by atoms with E-state index in [9.17, 15) is 4.79 Å². The van der Waals surface area contributed by atoms with Crippen molar-refractivity contribution < 1.29 is 9.90 Å². The number of rotatable bonds is 1. The summed E-state index contributed by atoms with van der Waals surface area (Å²) in [6.07, 6.45) is 0. The van der Waals surface area contributed by atoms with Gasteiger partial charge >= 0.3 is 5.97 Å². The van der Waals surface area contributed by atoms with Gasteiger partial charge in [0.1, 0.15) is 0 Å². The highest BCUT2D eigenvalue weighted by molar-refractivity contribution is 5.85. The summed E-state index contributed by atoms with van der Waals surface area (Å²) < 4.78 is 0. The Labute approximate surface area is 61.1 Å². The molecule has 0 aliphatic carbocycles. The van der Waals surface area contributed by atoms with E-state index in [1.807, 2.05) is 0 Å². The minimum Gasteiger partial charge on any atom is -0.481 e. The summed E-state index contributed by atoms with van der Waals surface area (Å²) in [7, 11) is 0. The van der Waals surface area contributed by atoms with Crippen LogP contribution in [0, 0.1) is 5.92 Å². The monoisotopic (exact) mass is 160 g/mol. The molecule has 0 bridgehead atoms. The normalized spacial score (nSPS) is 6.88. The Morgan fingerprint density at radius 1 is 1.38 bits per heavy atom. The van der Waals surface area contributed by atoms with Gasteiger partial charge in [0.05, 0.1) is 5.92 Å². The lowest BCUT2D eigenvalue weighted by Crippen LogP contribution is -2.03. The topological polar surface area (TPSA) is 37.3 Å². The molecule has 0 aromatic heterocycles. The summed E-state index contributed by atoms with van der Waals surface area (Å²) in [4.78, 5) is 9.70. The second kappa shape index (κ2) is 7.05. The molecule has 1 N–H and O–H groups in total. The maximum Gasteiger partial charge on any atom is 0.305 e. The highest BCUT2D eigenvalue weighted by Crippen LogP contribution is 1.87. The molecular formula is C4H10Cl2O2. The Balaban J connectivity index is -0.000000125. The van der Waals surface area contributed by atoms with Crippen LogP contribution in [0.15, 0.2) is 0 Å². The van der Waals surface area contributed by atoms with Crippen LogP contribution in [0.1, 0.15) is 13.8 Å². The predicted molar refractivity (Wildman–Crippen MR) is 37.0 cm³/mol. The third-order valence-electron chi connectivity index (χ3n) is 0.494. The molecule has 0 aliphatic rings. The van der Waals surface area contributed by atoms with Crippen LogP contribution < -0.4 is 0 Å². The first kappa shape index (κ1) is 15.7. The van der Waals surface area contributed by atoms with Gasteiger partial charge in [-0.2, -0.15) is 0 Å². The van der Waals surface area contributed by atoms with Crippen LogP contribution in [-0.2, 0) is 4.79 Å². The number of aliphatic carboxylic acids is 1. The molecule has 0 unspecified atom stereocenters. The maximum atomic E-state index is 9.70. The molecular weight excluding hydrogens is 151 g/mol. The molecule has 0 aromatic rings. The zero-order valence-electron chi connectivity index (χ0n) is 4.75. The standard InChI is InChI=1S/C4H8O2.2ClH/c1-3(2)4(5)6;;/h3H,1-2H3,(H,5,6);2*1H. The highest BCUT2D eigenvalue weighted by Gasteiger charge is 1.99. The van der Waals surface area contributed by atoms with Crippen LogP contribution in [0.25, 0.3) is 0 Å². The molecule has 0 spiro atoms. The molecule has 0 atom stereocenters. The van der Waals surface area contributed by atoms with Crippen LogP contribution in [0.5, 0.6) is 0 Å². The predicted octanol–water partition coefficient (Wildman–Crippen LogP) is 1.57. The summed E-state index contributed by atoms with van der Waals surface area (Å²) in [6.45, 7) is 3.28. The largest absolute Gasteiger partial charge is 0.481 e. The fourth-order valence-corrected chi connectivity index (χ4v) is 0. The molecule has 0 heterocycles. The van der Waals surface area contributed by atoms with E-state index in [4.69, 9.17) is 5.11 Å². The van der Waals surface area contributed by atoms with Crippen molar-refractivity contribution >= 4 is 30.8 Å². The summed E-state index contributed by atoms with van der Waals surface area (Å²) in [6, 6.07) is 0. The smallest absolute Gasteiger partial charge is 0.305 e. The number of carboxylic acids is 1. The van der Waals surface area contributed by atoms with Crippen LogP contribution >= 0.6 is 24.8 Å². The molecule has 52 valence electrons. The van der Waals surface area contributed by atoms with Gasteiger partial charge in [-0.1, -0.05) is 13.8 Å². The van der Waals surface area contributed by atoms with Gasteiger partial charge < -0.3 is 5.11 Å². The summed E-state index contributed by atoms with van der Waals surface area (Å²) in [5, 5.41) is 7.99. The minimum atomic E-state index is -0.741. The molecule has 0 fully saturated rings. The maximum absolute atomic E-state index is 9.70. The second-order valence-electron chi connectivity index (χ2n) is 1.49. The molecule has 0 aromatic carbocycles. The Bertz CT molecular complexity index is 63.1. The van der Waals surface area contributed by atoms with Gasteiger partial charge in [0.15, 0.2) is 0 Å². The number of carboxylic acid groups (broad SMARTS) is 1. The van der Waals surface area contributed by atoms with E-state index in [2.05, 4.69) is 0 Å². The van der Waals surface area contributed by atoms with E-state index >= 15 is 0 Å². The summed E-state index contributed by atoms with van der Waals surface area (Å²) >= 11 is 0. The van der Waals surface area contributed by atoms with Gasteiger partial charge in [-0.15, -0.1) is 24.8 Å². The van der Waals surface area contributed by atoms with Crippen molar-refractivity contribution in [1.82, 2.24) is 0 Å². The lowest BCUT2D eigenvalue weighted by molar-refractivity contribution is -0.140. The molecule has 0 amide bonds. The zero-order chi connectivity index (χ0) is 5.15. The molecule has 0 radical (unpaired) electrons. The fourth-order valence-electron chi connectivity index (χ4n) is 0. The number of hydrogen-bond acceptors (Lipinski definition) is 1. The number of carbonyl (C=O) groups is 1. The van der Waals surface area contributed by atoms with Crippen LogP contribution in [0.4, 0.5) is 0 Å². The molecule has 4 heteroatoms. The molecule has 0 saturated heterocycles. The Morgan fingerprint density at radius 2 is 1.50 bits per heavy atom. The highest BCUT2D eigenvalue weighted by atomic mass is 35.5. The van der Waals surface area contributed by atoms with E-state index in [0.29, 0.717) is 0 Å².